The number of alkyl halides is 3. The Morgan fingerprint density at radius 3 is 2.31 bits per heavy atom. The van der Waals surface area contributed by atoms with Crippen LogP contribution in [0.4, 0.5) is 18.9 Å². The highest BCUT2D eigenvalue weighted by atomic mass is 79.9. The molecule has 0 bridgehead atoms. The van der Waals surface area contributed by atoms with Crippen LogP contribution >= 0.6 is 0 Å². The van der Waals surface area contributed by atoms with Gasteiger partial charge in [-0.15, -0.1) is 0 Å². The average Bonchev–Trinajstić information content (AvgIpc) is 2.03. The van der Waals surface area contributed by atoms with Crippen molar-refractivity contribution < 1.29 is 30.2 Å². The van der Waals surface area contributed by atoms with E-state index in [2.05, 4.69) is 4.98 Å². The van der Waals surface area contributed by atoms with Gasteiger partial charge in [-0.05, 0) is 6.07 Å². The number of halogens is 4. The van der Waals surface area contributed by atoms with E-state index in [9.17, 15) is 13.2 Å². The summed E-state index contributed by atoms with van der Waals surface area (Å²) in [5.74, 6) is 0. The Balaban J connectivity index is 0.00000144. The molecule has 1 aromatic rings. The van der Waals surface area contributed by atoms with Crippen LogP contribution in [0.1, 0.15) is 5.56 Å². The van der Waals surface area contributed by atoms with Crippen LogP contribution < -0.4 is 17.0 Å². The van der Waals surface area contributed by atoms with Gasteiger partial charge in [-0.3, -0.25) is 0 Å². The monoisotopic (exact) mass is 252 g/mol. The molecule has 0 spiro atoms. The Labute approximate surface area is 82.8 Å². The predicted octanol–water partition coefficient (Wildman–Crippen LogP) is 0.194. The maximum atomic E-state index is 12.0. The van der Waals surface area contributed by atoms with Gasteiger partial charge in [0.25, 0.3) is 0 Å². The van der Waals surface area contributed by atoms with E-state index in [-0.39, 0.29) is 22.7 Å². The number of hydrogen-bond acceptors (Lipinski definition) is 1. The van der Waals surface area contributed by atoms with Crippen LogP contribution in [0, 0.1) is 5.39 Å². The molecule has 1 aromatic carbocycles. The fourth-order valence-electron chi connectivity index (χ4n) is 0.744. The third kappa shape index (κ3) is 3.03. The Morgan fingerprint density at radius 2 is 1.85 bits per heavy atom. The highest BCUT2D eigenvalue weighted by Gasteiger charge is 2.31. The maximum Gasteiger partial charge on any atom is 0.416 e. The summed E-state index contributed by atoms with van der Waals surface area (Å²) in [6, 6.07) is 4.13. The van der Waals surface area contributed by atoms with Crippen molar-refractivity contribution in [1.29, 1.82) is 5.39 Å². The van der Waals surface area contributed by atoms with Crippen molar-refractivity contribution >= 4 is 5.69 Å². The fraction of sp³-hybridized carbons (Fsp3) is 0.143. The Bertz CT molecular complexity index is 329. The van der Waals surface area contributed by atoms with Gasteiger partial charge in [0, 0.05) is 12.1 Å². The Morgan fingerprint density at radius 1 is 1.23 bits per heavy atom. The van der Waals surface area contributed by atoms with Gasteiger partial charge in [0.1, 0.15) is 0 Å². The molecule has 0 saturated carbocycles. The van der Waals surface area contributed by atoms with Gasteiger partial charge >= 0.3 is 11.9 Å². The van der Waals surface area contributed by atoms with Crippen molar-refractivity contribution in [2.24, 2.45) is 0 Å². The third-order valence-electron chi connectivity index (χ3n) is 1.29. The van der Waals surface area contributed by atoms with Gasteiger partial charge in [-0.1, -0.05) is 6.07 Å². The molecule has 0 atom stereocenters. The molecule has 0 amide bonds. The molecule has 0 radical (unpaired) electrons. The maximum absolute atomic E-state index is 12.0. The Kier molecular flexibility index (Phi) is 3.88. The first-order chi connectivity index (χ1) is 5.54. The Hall–Kier alpha value is -1.09. The molecule has 2 nitrogen and oxygen atoms in total. The third-order valence-corrected chi connectivity index (χ3v) is 1.29. The molecule has 0 aliphatic carbocycles. The van der Waals surface area contributed by atoms with E-state index in [0.717, 1.165) is 12.1 Å². The molecule has 0 saturated heterocycles. The smallest absolute Gasteiger partial charge is 0.416 e. The number of nitrogens with zero attached hydrogens (tertiary/aromatic N) is 2. The van der Waals surface area contributed by atoms with Crippen LogP contribution in [-0.2, 0) is 6.18 Å². The first-order valence-electron chi connectivity index (χ1n) is 3.06. The van der Waals surface area contributed by atoms with Gasteiger partial charge in [0.15, 0.2) is 4.98 Å². The second-order valence-electron chi connectivity index (χ2n) is 2.15. The van der Waals surface area contributed by atoms with Crippen molar-refractivity contribution in [3.8, 4) is 0 Å². The lowest BCUT2D eigenvalue weighted by molar-refractivity contribution is -0.137. The van der Waals surface area contributed by atoms with Gasteiger partial charge in [-0.25, -0.2) is 0 Å². The summed E-state index contributed by atoms with van der Waals surface area (Å²) >= 11 is 0. The summed E-state index contributed by atoms with van der Waals surface area (Å²) in [6.45, 7) is 0. The lowest BCUT2D eigenvalue weighted by atomic mass is 10.2. The van der Waals surface area contributed by atoms with Crippen LogP contribution in [0.2, 0.25) is 0 Å². The van der Waals surface area contributed by atoms with E-state index in [0.29, 0.717) is 0 Å². The van der Waals surface area contributed by atoms with Crippen LogP contribution in [-0.4, -0.2) is 0 Å². The summed E-state index contributed by atoms with van der Waals surface area (Å²) in [5, 5.41) is 8.19. The zero-order valence-corrected chi connectivity index (χ0v) is 7.80. The highest BCUT2D eigenvalue weighted by molar-refractivity contribution is 5.46. The molecule has 70 valence electrons. The minimum absolute atomic E-state index is 0. The molecule has 0 N–H and O–H groups in total. The SMILES string of the molecule is N#[N+]c1cccc(C(F)(F)F)c1.[Br-]. The lowest BCUT2D eigenvalue weighted by Crippen LogP contribution is -3.00. The second-order valence-corrected chi connectivity index (χ2v) is 2.15. The number of rotatable bonds is 0. The van der Waals surface area contributed by atoms with Gasteiger partial charge < -0.3 is 17.0 Å². The van der Waals surface area contributed by atoms with Crippen LogP contribution in [0.25, 0.3) is 4.98 Å². The second kappa shape index (κ2) is 4.23. The quantitative estimate of drug-likeness (QED) is 0.607. The fourth-order valence-corrected chi connectivity index (χ4v) is 0.744. The van der Waals surface area contributed by atoms with E-state index in [1.807, 2.05) is 0 Å². The van der Waals surface area contributed by atoms with Crippen LogP contribution in [0.15, 0.2) is 24.3 Å². The highest BCUT2D eigenvalue weighted by Crippen LogP contribution is 2.31. The van der Waals surface area contributed by atoms with E-state index >= 15 is 0 Å². The molecule has 0 heterocycles. The topological polar surface area (TPSA) is 28.1 Å². The van der Waals surface area contributed by atoms with Gasteiger partial charge in [0.05, 0.1) is 5.56 Å². The lowest BCUT2D eigenvalue weighted by Gasteiger charge is -2.02. The molecule has 0 aliphatic heterocycles. The van der Waals surface area contributed by atoms with Crippen LogP contribution in [0.5, 0.6) is 0 Å². The van der Waals surface area contributed by atoms with Crippen molar-refractivity contribution in [3.05, 3.63) is 34.8 Å². The molecule has 13 heavy (non-hydrogen) atoms. The number of benzene rings is 1. The molecular weight excluding hydrogens is 249 g/mol. The average molecular weight is 253 g/mol. The van der Waals surface area contributed by atoms with Crippen molar-refractivity contribution in [1.82, 2.24) is 0 Å². The molecule has 1 rings (SSSR count). The standard InChI is InChI=1S/C7H4F3N2.BrH/c8-7(9,10)5-2-1-3-6(4-5)12-11;/h1-4H;1H/q+1;/p-1. The minimum atomic E-state index is -4.39. The van der Waals surface area contributed by atoms with Crippen molar-refractivity contribution in [3.63, 3.8) is 0 Å². The zero-order chi connectivity index (χ0) is 9.19. The summed E-state index contributed by atoms with van der Waals surface area (Å²) in [6.07, 6.45) is -4.39. The van der Waals surface area contributed by atoms with Crippen molar-refractivity contribution in [2.45, 2.75) is 6.18 Å². The van der Waals surface area contributed by atoms with Crippen LogP contribution in [0.3, 0.4) is 0 Å². The minimum Gasteiger partial charge on any atom is -1.00 e. The molecular formula is C7H4BrF3N2. The van der Waals surface area contributed by atoms with E-state index < -0.39 is 11.7 Å². The molecule has 0 fully saturated rings. The summed E-state index contributed by atoms with van der Waals surface area (Å²) in [5.41, 5.74) is -0.928. The first kappa shape index (κ1) is 11.9. The summed E-state index contributed by atoms with van der Waals surface area (Å²) in [7, 11) is 0. The van der Waals surface area contributed by atoms with E-state index in [1.54, 1.807) is 0 Å². The number of hydrogen-bond donors (Lipinski definition) is 0. The predicted molar refractivity (Wildman–Crippen MR) is 36.2 cm³/mol. The van der Waals surface area contributed by atoms with E-state index in [1.165, 1.54) is 12.1 Å². The normalized spacial score (nSPS) is 10.0. The molecule has 6 heteroatoms. The van der Waals surface area contributed by atoms with Gasteiger partial charge in [0.2, 0.25) is 5.39 Å². The largest absolute Gasteiger partial charge is 1.00 e. The zero-order valence-electron chi connectivity index (χ0n) is 6.22. The van der Waals surface area contributed by atoms with E-state index in [4.69, 9.17) is 5.39 Å². The molecule has 0 unspecified atom stereocenters. The number of diazo groups is 1. The molecule has 0 aliphatic rings. The summed E-state index contributed by atoms with van der Waals surface area (Å²) < 4.78 is 35.9. The van der Waals surface area contributed by atoms with Crippen molar-refractivity contribution in [2.75, 3.05) is 0 Å². The first-order valence-corrected chi connectivity index (χ1v) is 3.06. The van der Waals surface area contributed by atoms with Gasteiger partial charge in [-0.2, -0.15) is 13.2 Å². The molecule has 0 aromatic heterocycles. The summed E-state index contributed by atoms with van der Waals surface area (Å²) in [4.78, 5) is 2.64.